The van der Waals surface area contributed by atoms with E-state index in [0.29, 0.717) is 30.6 Å². The Bertz CT molecular complexity index is 579. The third-order valence-corrected chi connectivity index (χ3v) is 2.85. The standard InChI is InChI=1S/C11H11N5O/c12-3-9-11-10(1-2-13-9)16(6-14-11)4-8-5-17-7-15-8/h1-2,6,8,15H,4-5,7H2. The van der Waals surface area contributed by atoms with E-state index in [4.69, 9.17) is 10.00 Å². The van der Waals surface area contributed by atoms with Crippen LogP contribution in [0.3, 0.4) is 0 Å². The Balaban J connectivity index is 1.98. The lowest BCUT2D eigenvalue weighted by molar-refractivity contribution is 0.188. The second-order valence-electron chi connectivity index (χ2n) is 3.95. The van der Waals surface area contributed by atoms with Crippen molar-refractivity contribution in [1.29, 1.82) is 5.26 Å². The predicted octanol–water partition coefficient (Wildman–Crippen LogP) is 0.249. The summed E-state index contributed by atoms with van der Waals surface area (Å²) in [4.78, 5) is 8.23. The Morgan fingerprint density at radius 1 is 1.59 bits per heavy atom. The number of pyridine rings is 1. The number of fused-ring (bicyclic) bond motifs is 1. The van der Waals surface area contributed by atoms with Crippen molar-refractivity contribution in [2.75, 3.05) is 13.3 Å². The Morgan fingerprint density at radius 3 is 3.29 bits per heavy atom. The Hall–Kier alpha value is -1.97. The molecule has 3 heterocycles. The first-order valence-electron chi connectivity index (χ1n) is 5.39. The molecule has 1 unspecified atom stereocenters. The quantitative estimate of drug-likeness (QED) is 0.798. The van der Waals surface area contributed by atoms with Crippen molar-refractivity contribution in [3.05, 3.63) is 24.3 Å². The SMILES string of the molecule is N#Cc1nccc2c1ncn2CC1COCN1. The number of aromatic nitrogens is 3. The average Bonchev–Trinajstić information content (AvgIpc) is 2.99. The molecule has 0 aliphatic carbocycles. The molecule has 1 N–H and O–H groups in total. The fourth-order valence-electron chi connectivity index (χ4n) is 2.01. The van der Waals surface area contributed by atoms with E-state index in [2.05, 4.69) is 15.3 Å². The van der Waals surface area contributed by atoms with Gasteiger partial charge in [0.25, 0.3) is 0 Å². The van der Waals surface area contributed by atoms with E-state index in [1.165, 1.54) is 0 Å². The molecule has 1 aliphatic rings. The summed E-state index contributed by atoms with van der Waals surface area (Å²) < 4.78 is 7.27. The number of hydrogen-bond donors (Lipinski definition) is 1. The molecule has 1 aliphatic heterocycles. The molecule has 6 nitrogen and oxygen atoms in total. The van der Waals surface area contributed by atoms with Crippen molar-refractivity contribution in [1.82, 2.24) is 19.9 Å². The van der Waals surface area contributed by atoms with Crippen LogP contribution < -0.4 is 5.32 Å². The van der Waals surface area contributed by atoms with Gasteiger partial charge in [-0.3, -0.25) is 5.32 Å². The van der Waals surface area contributed by atoms with Crippen molar-refractivity contribution in [2.24, 2.45) is 0 Å². The largest absolute Gasteiger partial charge is 0.365 e. The van der Waals surface area contributed by atoms with Crippen molar-refractivity contribution in [3.63, 3.8) is 0 Å². The van der Waals surface area contributed by atoms with Gasteiger partial charge in [0.1, 0.15) is 11.6 Å². The average molecular weight is 229 g/mol. The fourth-order valence-corrected chi connectivity index (χ4v) is 2.01. The summed E-state index contributed by atoms with van der Waals surface area (Å²) in [6.07, 6.45) is 3.38. The van der Waals surface area contributed by atoms with E-state index >= 15 is 0 Å². The van der Waals surface area contributed by atoms with Crippen molar-refractivity contribution in [2.45, 2.75) is 12.6 Å². The zero-order valence-corrected chi connectivity index (χ0v) is 9.13. The van der Waals surface area contributed by atoms with Crippen LogP contribution in [-0.4, -0.2) is 33.9 Å². The maximum absolute atomic E-state index is 8.94. The van der Waals surface area contributed by atoms with Crippen molar-refractivity contribution < 1.29 is 4.74 Å². The van der Waals surface area contributed by atoms with Gasteiger partial charge in [-0.05, 0) is 6.07 Å². The van der Waals surface area contributed by atoms with Gasteiger partial charge in [0.2, 0.25) is 0 Å². The topological polar surface area (TPSA) is 75.8 Å². The monoisotopic (exact) mass is 229 g/mol. The maximum atomic E-state index is 8.94. The van der Waals surface area contributed by atoms with Gasteiger partial charge in [-0.25, -0.2) is 9.97 Å². The van der Waals surface area contributed by atoms with Crippen LogP contribution in [0.15, 0.2) is 18.6 Å². The molecule has 3 rings (SSSR count). The molecule has 0 aromatic carbocycles. The number of imidazole rings is 1. The molecule has 2 aromatic heterocycles. The molecule has 0 bridgehead atoms. The molecule has 6 heteroatoms. The lowest BCUT2D eigenvalue weighted by Crippen LogP contribution is -2.28. The highest BCUT2D eigenvalue weighted by molar-refractivity contribution is 5.79. The maximum Gasteiger partial charge on any atom is 0.168 e. The molecule has 17 heavy (non-hydrogen) atoms. The summed E-state index contributed by atoms with van der Waals surface area (Å²) in [5.74, 6) is 0. The molecule has 86 valence electrons. The highest BCUT2D eigenvalue weighted by Gasteiger charge is 2.16. The molecule has 0 saturated carbocycles. The van der Waals surface area contributed by atoms with Crippen LogP contribution in [0.5, 0.6) is 0 Å². The minimum atomic E-state index is 0.297. The number of hydrogen-bond acceptors (Lipinski definition) is 5. The van der Waals surface area contributed by atoms with Gasteiger partial charge in [0, 0.05) is 12.7 Å². The molecular weight excluding hydrogens is 218 g/mol. The van der Waals surface area contributed by atoms with Gasteiger partial charge in [-0.15, -0.1) is 0 Å². The lowest BCUT2D eigenvalue weighted by Gasteiger charge is -2.09. The smallest absolute Gasteiger partial charge is 0.168 e. The highest BCUT2D eigenvalue weighted by atomic mass is 16.5. The zero-order valence-electron chi connectivity index (χ0n) is 9.13. The Kier molecular flexibility index (Phi) is 2.48. The highest BCUT2D eigenvalue weighted by Crippen LogP contribution is 2.15. The second kappa shape index (κ2) is 4.13. The van der Waals surface area contributed by atoms with Gasteiger partial charge < -0.3 is 9.30 Å². The molecule has 1 fully saturated rings. The molecule has 2 aromatic rings. The minimum Gasteiger partial charge on any atom is -0.365 e. The third-order valence-electron chi connectivity index (χ3n) is 2.85. The van der Waals surface area contributed by atoms with Crippen LogP contribution in [0.4, 0.5) is 0 Å². The predicted molar refractivity (Wildman–Crippen MR) is 60.0 cm³/mol. The molecule has 1 atom stereocenters. The van der Waals surface area contributed by atoms with Crippen LogP contribution in [0.1, 0.15) is 5.69 Å². The van der Waals surface area contributed by atoms with Gasteiger partial charge in [-0.2, -0.15) is 5.26 Å². The number of nitrogens with zero attached hydrogens (tertiary/aromatic N) is 4. The number of rotatable bonds is 2. The molecule has 0 spiro atoms. The molecule has 1 saturated heterocycles. The first kappa shape index (κ1) is 10.2. The van der Waals surface area contributed by atoms with Crippen LogP contribution >= 0.6 is 0 Å². The Labute approximate surface area is 97.8 Å². The van der Waals surface area contributed by atoms with Gasteiger partial charge >= 0.3 is 0 Å². The minimum absolute atomic E-state index is 0.297. The van der Waals surface area contributed by atoms with Crippen molar-refractivity contribution >= 4 is 11.0 Å². The number of nitriles is 1. The van der Waals surface area contributed by atoms with Crippen LogP contribution in [0, 0.1) is 11.3 Å². The summed E-state index contributed by atoms with van der Waals surface area (Å²) >= 11 is 0. The van der Waals surface area contributed by atoms with Crippen LogP contribution in [-0.2, 0) is 11.3 Å². The lowest BCUT2D eigenvalue weighted by atomic mass is 10.3. The number of ether oxygens (including phenoxy) is 1. The Morgan fingerprint density at radius 2 is 2.53 bits per heavy atom. The zero-order chi connectivity index (χ0) is 11.7. The fraction of sp³-hybridized carbons (Fsp3) is 0.364. The van der Waals surface area contributed by atoms with Crippen molar-refractivity contribution in [3.8, 4) is 6.07 Å². The summed E-state index contributed by atoms with van der Waals surface area (Å²) in [6.45, 7) is 2.09. The van der Waals surface area contributed by atoms with Crippen LogP contribution in [0.25, 0.3) is 11.0 Å². The van der Waals surface area contributed by atoms with Crippen LogP contribution in [0.2, 0.25) is 0 Å². The molecule has 0 radical (unpaired) electrons. The normalized spacial score (nSPS) is 19.6. The van der Waals surface area contributed by atoms with E-state index in [-0.39, 0.29) is 0 Å². The first-order valence-corrected chi connectivity index (χ1v) is 5.39. The van der Waals surface area contributed by atoms with E-state index in [0.717, 1.165) is 12.1 Å². The summed E-state index contributed by atoms with van der Waals surface area (Å²) in [5, 5.41) is 12.2. The molecular formula is C11H11N5O. The number of nitrogens with one attached hydrogen (secondary N) is 1. The first-order chi connectivity index (χ1) is 8.38. The van der Waals surface area contributed by atoms with Gasteiger partial charge in [0.15, 0.2) is 5.69 Å². The molecule has 0 amide bonds. The summed E-state index contributed by atoms with van der Waals surface area (Å²) in [5.41, 5.74) is 1.97. The summed E-state index contributed by atoms with van der Waals surface area (Å²) in [6, 6.07) is 4.22. The van der Waals surface area contributed by atoms with E-state index in [9.17, 15) is 0 Å². The summed E-state index contributed by atoms with van der Waals surface area (Å²) in [7, 11) is 0. The third kappa shape index (κ3) is 1.75. The second-order valence-corrected chi connectivity index (χ2v) is 3.95. The van der Waals surface area contributed by atoms with E-state index < -0.39 is 0 Å². The van der Waals surface area contributed by atoms with E-state index in [1.807, 2.05) is 16.7 Å². The van der Waals surface area contributed by atoms with Gasteiger partial charge in [0.05, 0.1) is 31.2 Å². The van der Waals surface area contributed by atoms with E-state index in [1.54, 1.807) is 12.5 Å². The van der Waals surface area contributed by atoms with Gasteiger partial charge in [-0.1, -0.05) is 0 Å².